The second-order valence-corrected chi connectivity index (χ2v) is 7.26. The summed E-state index contributed by atoms with van der Waals surface area (Å²) in [6.45, 7) is 2.01. The van der Waals surface area contributed by atoms with Crippen molar-refractivity contribution >= 4 is 33.2 Å². The lowest BCUT2D eigenvalue weighted by Crippen LogP contribution is -2.07. The van der Waals surface area contributed by atoms with Gasteiger partial charge in [-0.3, -0.25) is 9.78 Å². The number of carbonyl (C=O) groups is 2. The maximum absolute atomic E-state index is 13.3. The summed E-state index contributed by atoms with van der Waals surface area (Å²) >= 11 is 3.39. The Morgan fingerprint density at radius 3 is 2.52 bits per heavy atom. The Bertz CT molecular complexity index is 1200. The highest BCUT2D eigenvalue weighted by molar-refractivity contribution is 9.10. The first-order valence-corrected chi connectivity index (χ1v) is 9.92. The van der Waals surface area contributed by atoms with Crippen LogP contribution in [0.15, 0.2) is 77.4 Å². The van der Waals surface area contributed by atoms with E-state index >= 15 is 0 Å². The number of pyridine rings is 2. The topological polar surface area (TPSA) is 60.7 Å². The van der Waals surface area contributed by atoms with Crippen LogP contribution in [0.25, 0.3) is 16.9 Å². The van der Waals surface area contributed by atoms with Crippen LogP contribution in [0.5, 0.6) is 0 Å². The highest BCUT2D eigenvalue weighted by atomic mass is 79.9. The fourth-order valence-electron chi connectivity index (χ4n) is 3.26. The molecule has 4 rings (SSSR count). The Morgan fingerprint density at radius 2 is 1.83 bits per heavy atom. The standard InChI is InChI=1S/C23H17BrN2O3/c1-2-29-23(28)17-14-21(22(27)15-9-11-16(24)12-10-15)26-19(17)7-5-8-20(26)18-6-3-4-13-25-18/h3-14H,2H2,1H3. The van der Waals surface area contributed by atoms with Crippen molar-refractivity contribution < 1.29 is 14.3 Å². The van der Waals surface area contributed by atoms with Crippen LogP contribution in [0.4, 0.5) is 0 Å². The molecule has 0 spiro atoms. The summed E-state index contributed by atoms with van der Waals surface area (Å²) in [6, 6.07) is 19.8. The van der Waals surface area contributed by atoms with Gasteiger partial charge >= 0.3 is 5.97 Å². The second-order valence-electron chi connectivity index (χ2n) is 6.35. The van der Waals surface area contributed by atoms with Crippen molar-refractivity contribution in [2.24, 2.45) is 0 Å². The van der Waals surface area contributed by atoms with Gasteiger partial charge in [-0.1, -0.05) is 28.1 Å². The number of nitrogens with zero attached hydrogens (tertiary/aromatic N) is 2. The summed E-state index contributed by atoms with van der Waals surface area (Å²) in [5.41, 5.74) is 3.29. The number of ether oxygens (including phenoxy) is 1. The van der Waals surface area contributed by atoms with Crippen LogP contribution >= 0.6 is 15.9 Å². The molecular weight excluding hydrogens is 432 g/mol. The summed E-state index contributed by atoms with van der Waals surface area (Å²) in [5, 5.41) is 0. The molecular formula is C23H17BrN2O3. The number of ketones is 1. The molecule has 29 heavy (non-hydrogen) atoms. The van der Waals surface area contributed by atoms with Crippen LogP contribution in [0, 0.1) is 0 Å². The van der Waals surface area contributed by atoms with E-state index in [1.165, 1.54) is 0 Å². The van der Waals surface area contributed by atoms with E-state index < -0.39 is 5.97 Å². The van der Waals surface area contributed by atoms with Crippen LogP contribution in [-0.4, -0.2) is 27.7 Å². The summed E-state index contributed by atoms with van der Waals surface area (Å²) in [6.07, 6.45) is 1.69. The predicted octanol–water partition coefficient (Wildman–Crippen LogP) is 5.17. The maximum Gasteiger partial charge on any atom is 0.340 e. The molecule has 3 heterocycles. The number of esters is 1. The Balaban J connectivity index is 1.98. The van der Waals surface area contributed by atoms with Crippen molar-refractivity contribution in [2.45, 2.75) is 6.92 Å². The Morgan fingerprint density at radius 1 is 1.03 bits per heavy atom. The molecule has 0 saturated carbocycles. The van der Waals surface area contributed by atoms with Crippen molar-refractivity contribution in [1.29, 1.82) is 0 Å². The van der Waals surface area contributed by atoms with E-state index in [1.54, 1.807) is 41.8 Å². The number of aromatic nitrogens is 2. The van der Waals surface area contributed by atoms with Gasteiger partial charge in [-0.25, -0.2) is 4.79 Å². The van der Waals surface area contributed by atoms with Crippen molar-refractivity contribution in [2.75, 3.05) is 6.61 Å². The van der Waals surface area contributed by atoms with Gasteiger partial charge in [-0.05, 0) is 61.5 Å². The minimum atomic E-state index is -0.460. The molecule has 0 saturated heterocycles. The Labute approximate surface area is 176 Å². The minimum Gasteiger partial charge on any atom is -0.462 e. The third-order valence-electron chi connectivity index (χ3n) is 4.55. The van der Waals surface area contributed by atoms with E-state index in [4.69, 9.17) is 4.74 Å². The van der Waals surface area contributed by atoms with Crippen molar-refractivity contribution in [1.82, 2.24) is 9.38 Å². The average molecular weight is 449 g/mol. The van der Waals surface area contributed by atoms with Gasteiger partial charge in [-0.2, -0.15) is 0 Å². The SMILES string of the molecule is CCOC(=O)c1cc(C(=O)c2ccc(Br)cc2)n2c(-c3ccccn3)cccc12. The molecule has 0 atom stereocenters. The van der Waals surface area contributed by atoms with Crippen LogP contribution in [0.1, 0.15) is 33.3 Å². The Kier molecular flexibility index (Phi) is 5.27. The predicted molar refractivity (Wildman–Crippen MR) is 114 cm³/mol. The quantitative estimate of drug-likeness (QED) is 0.312. The highest BCUT2D eigenvalue weighted by Gasteiger charge is 2.23. The lowest BCUT2D eigenvalue weighted by molar-refractivity contribution is 0.0529. The number of halogens is 1. The molecule has 0 aliphatic carbocycles. The van der Waals surface area contributed by atoms with Crippen molar-refractivity contribution in [3.05, 3.63) is 94.2 Å². The first-order chi connectivity index (χ1) is 14.1. The first-order valence-electron chi connectivity index (χ1n) is 9.13. The zero-order chi connectivity index (χ0) is 20.4. The molecule has 6 heteroatoms. The number of carbonyl (C=O) groups excluding carboxylic acids is 2. The Hall–Kier alpha value is -3.25. The monoisotopic (exact) mass is 448 g/mol. The van der Waals surface area contributed by atoms with Crippen LogP contribution in [0.3, 0.4) is 0 Å². The molecule has 144 valence electrons. The van der Waals surface area contributed by atoms with Gasteiger partial charge in [0.15, 0.2) is 0 Å². The smallest absolute Gasteiger partial charge is 0.340 e. The number of fused-ring (bicyclic) bond motifs is 1. The molecule has 4 aromatic rings. The fraction of sp³-hybridized carbons (Fsp3) is 0.0870. The van der Waals surface area contributed by atoms with Gasteiger partial charge in [0.25, 0.3) is 0 Å². The van der Waals surface area contributed by atoms with Gasteiger partial charge in [0.1, 0.15) is 0 Å². The number of benzene rings is 1. The molecule has 0 unspecified atom stereocenters. The average Bonchev–Trinajstić information content (AvgIpc) is 3.14. The number of hydrogen-bond acceptors (Lipinski definition) is 4. The van der Waals surface area contributed by atoms with Gasteiger partial charge in [0.05, 0.1) is 34.8 Å². The molecule has 0 N–H and O–H groups in total. The maximum atomic E-state index is 13.3. The van der Waals surface area contributed by atoms with E-state index in [0.29, 0.717) is 28.0 Å². The van der Waals surface area contributed by atoms with Gasteiger partial charge in [-0.15, -0.1) is 0 Å². The summed E-state index contributed by atoms with van der Waals surface area (Å²) < 4.78 is 7.87. The number of hydrogen-bond donors (Lipinski definition) is 0. The molecule has 0 amide bonds. The van der Waals surface area contributed by atoms with Crippen LogP contribution in [0.2, 0.25) is 0 Å². The third kappa shape index (κ3) is 3.59. The lowest BCUT2D eigenvalue weighted by Gasteiger charge is -2.10. The molecule has 0 fully saturated rings. The van der Waals surface area contributed by atoms with Crippen molar-refractivity contribution in [3.8, 4) is 11.4 Å². The molecule has 0 bridgehead atoms. The summed E-state index contributed by atoms with van der Waals surface area (Å²) in [5.74, 6) is -0.649. The largest absolute Gasteiger partial charge is 0.462 e. The van der Waals surface area contributed by atoms with E-state index in [1.807, 2.05) is 42.5 Å². The second kappa shape index (κ2) is 8.01. The van der Waals surface area contributed by atoms with Gasteiger partial charge < -0.3 is 9.14 Å². The van der Waals surface area contributed by atoms with Crippen LogP contribution < -0.4 is 0 Å². The zero-order valence-corrected chi connectivity index (χ0v) is 17.2. The van der Waals surface area contributed by atoms with E-state index in [0.717, 1.165) is 10.2 Å². The van der Waals surface area contributed by atoms with E-state index in [9.17, 15) is 9.59 Å². The van der Waals surface area contributed by atoms with Gasteiger partial charge in [0.2, 0.25) is 5.78 Å². The highest BCUT2D eigenvalue weighted by Crippen LogP contribution is 2.27. The fourth-order valence-corrected chi connectivity index (χ4v) is 3.52. The first kappa shape index (κ1) is 19.1. The van der Waals surface area contributed by atoms with Crippen molar-refractivity contribution in [3.63, 3.8) is 0 Å². The molecule has 0 aliphatic rings. The molecule has 0 radical (unpaired) electrons. The molecule has 1 aromatic carbocycles. The van der Waals surface area contributed by atoms with Crippen LogP contribution in [-0.2, 0) is 4.74 Å². The number of rotatable bonds is 5. The molecule has 0 aliphatic heterocycles. The van der Waals surface area contributed by atoms with E-state index in [-0.39, 0.29) is 12.4 Å². The van der Waals surface area contributed by atoms with Gasteiger partial charge in [0, 0.05) is 16.2 Å². The lowest BCUT2D eigenvalue weighted by atomic mass is 10.1. The van der Waals surface area contributed by atoms with E-state index in [2.05, 4.69) is 20.9 Å². The zero-order valence-electron chi connectivity index (χ0n) is 15.6. The summed E-state index contributed by atoms with van der Waals surface area (Å²) in [4.78, 5) is 30.3. The summed E-state index contributed by atoms with van der Waals surface area (Å²) in [7, 11) is 0. The normalized spacial score (nSPS) is 10.8. The minimum absolute atomic E-state index is 0.188. The third-order valence-corrected chi connectivity index (χ3v) is 5.08. The molecule has 3 aromatic heterocycles. The molecule has 5 nitrogen and oxygen atoms in total.